The number of nitrogens with zero attached hydrogens (tertiary/aromatic N) is 1. The van der Waals surface area contributed by atoms with Gasteiger partial charge in [0.15, 0.2) is 6.61 Å². The van der Waals surface area contributed by atoms with E-state index in [1.54, 1.807) is 0 Å². The molecule has 0 heterocycles. The Morgan fingerprint density at radius 2 is 1.62 bits per heavy atom. The lowest BCUT2D eigenvalue weighted by atomic mass is 9.86. The van der Waals surface area contributed by atoms with Gasteiger partial charge >= 0.3 is 0 Å². The van der Waals surface area contributed by atoms with Gasteiger partial charge in [-0.15, -0.1) is 0 Å². The molecule has 2 aromatic carbocycles. The van der Waals surface area contributed by atoms with Crippen molar-refractivity contribution in [3.63, 3.8) is 0 Å². The molecule has 0 saturated carbocycles. The monoisotopic (exact) mass is 354 g/mol. The summed E-state index contributed by atoms with van der Waals surface area (Å²) in [5.41, 5.74) is 3.41. The topological polar surface area (TPSA) is 41.6 Å². The van der Waals surface area contributed by atoms with Gasteiger partial charge in [0, 0.05) is 13.1 Å². The summed E-state index contributed by atoms with van der Waals surface area (Å²) in [6.45, 7) is 7.84. The van der Waals surface area contributed by atoms with E-state index in [1.165, 1.54) is 5.56 Å². The Bertz CT molecular complexity index is 716. The lowest BCUT2D eigenvalue weighted by Crippen LogP contribution is -2.29. The third kappa shape index (κ3) is 6.19. The normalized spacial score (nSPS) is 11.5. The van der Waals surface area contributed by atoms with Crippen LogP contribution in [0.4, 0.5) is 0 Å². The number of ether oxygens (including phenoxy) is 1. The van der Waals surface area contributed by atoms with Gasteiger partial charge in [-0.2, -0.15) is 0 Å². The lowest BCUT2D eigenvalue weighted by Gasteiger charge is -2.22. The minimum absolute atomic E-state index is 0.0196. The number of nitrogens with one attached hydrogen (secondary N) is 1. The van der Waals surface area contributed by atoms with Crippen LogP contribution < -0.4 is 10.1 Å². The average Bonchev–Trinajstić information content (AvgIpc) is 2.58. The number of benzene rings is 2. The van der Waals surface area contributed by atoms with Crippen LogP contribution in [0, 0.1) is 0 Å². The van der Waals surface area contributed by atoms with Crippen LogP contribution in [0.15, 0.2) is 48.5 Å². The van der Waals surface area contributed by atoms with E-state index >= 15 is 0 Å². The molecule has 0 aliphatic heterocycles. The zero-order chi connectivity index (χ0) is 19.2. The van der Waals surface area contributed by atoms with Crippen molar-refractivity contribution in [1.82, 2.24) is 10.2 Å². The van der Waals surface area contributed by atoms with Gasteiger partial charge in [0.2, 0.25) is 0 Å². The number of carbonyl (C=O) groups is 1. The molecule has 1 amide bonds. The van der Waals surface area contributed by atoms with Gasteiger partial charge in [0.05, 0.1) is 0 Å². The minimum Gasteiger partial charge on any atom is -0.483 e. The van der Waals surface area contributed by atoms with Crippen LogP contribution in [0.25, 0.3) is 0 Å². The molecule has 0 saturated heterocycles. The maximum atomic E-state index is 12.1. The standard InChI is InChI=1S/C22H30N2O2/c1-22(2,3)19-8-6-7-9-20(19)26-16-21(25)23-14-17-10-12-18(13-11-17)15-24(4)5/h6-13H,14-16H2,1-5H3,(H,23,25). The van der Waals surface area contributed by atoms with Crippen LogP contribution in [-0.4, -0.2) is 31.5 Å². The second-order valence-corrected chi connectivity index (χ2v) is 7.87. The summed E-state index contributed by atoms with van der Waals surface area (Å²) in [6, 6.07) is 16.2. The highest BCUT2D eigenvalue weighted by molar-refractivity contribution is 5.77. The third-order valence-electron chi connectivity index (χ3n) is 4.07. The van der Waals surface area contributed by atoms with Gasteiger partial charge in [0.25, 0.3) is 5.91 Å². The van der Waals surface area contributed by atoms with Crippen molar-refractivity contribution in [3.05, 3.63) is 65.2 Å². The van der Waals surface area contributed by atoms with Crippen molar-refractivity contribution in [2.24, 2.45) is 0 Å². The first-order chi connectivity index (χ1) is 12.3. The maximum absolute atomic E-state index is 12.1. The maximum Gasteiger partial charge on any atom is 0.258 e. The first-order valence-electron chi connectivity index (χ1n) is 8.97. The van der Waals surface area contributed by atoms with Crippen molar-refractivity contribution < 1.29 is 9.53 Å². The van der Waals surface area contributed by atoms with E-state index < -0.39 is 0 Å². The molecule has 4 heteroatoms. The quantitative estimate of drug-likeness (QED) is 0.823. The fraction of sp³-hybridized carbons (Fsp3) is 0.409. The van der Waals surface area contributed by atoms with Gasteiger partial charge in [-0.05, 0) is 42.3 Å². The molecule has 0 aromatic heterocycles. The summed E-state index contributed by atoms with van der Waals surface area (Å²) in [6.07, 6.45) is 0. The van der Waals surface area contributed by atoms with Crippen molar-refractivity contribution in [1.29, 1.82) is 0 Å². The Hall–Kier alpha value is -2.33. The number of carbonyl (C=O) groups excluding carboxylic acids is 1. The highest BCUT2D eigenvalue weighted by Crippen LogP contribution is 2.30. The number of amides is 1. The first-order valence-corrected chi connectivity index (χ1v) is 8.97. The molecule has 2 rings (SSSR count). The molecular formula is C22H30N2O2. The number of hydrogen-bond acceptors (Lipinski definition) is 3. The predicted octanol–water partition coefficient (Wildman–Crippen LogP) is 3.74. The molecule has 0 spiro atoms. The summed E-state index contributed by atoms with van der Waals surface area (Å²) in [4.78, 5) is 14.2. The Morgan fingerprint density at radius 3 is 2.23 bits per heavy atom. The highest BCUT2D eigenvalue weighted by Gasteiger charge is 2.18. The molecule has 0 aliphatic rings. The number of para-hydroxylation sites is 1. The highest BCUT2D eigenvalue weighted by atomic mass is 16.5. The third-order valence-corrected chi connectivity index (χ3v) is 4.07. The van der Waals surface area contributed by atoms with Gasteiger partial charge in [0.1, 0.15) is 5.75 Å². The van der Waals surface area contributed by atoms with Crippen molar-refractivity contribution in [2.45, 2.75) is 39.3 Å². The molecule has 0 aliphatic carbocycles. The summed E-state index contributed by atoms with van der Waals surface area (Å²) in [5.74, 6) is 0.647. The zero-order valence-electron chi connectivity index (χ0n) is 16.5. The molecule has 0 fully saturated rings. The number of hydrogen-bond donors (Lipinski definition) is 1. The zero-order valence-corrected chi connectivity index (χ0v) is 16.5. The van der Waals surface area contributed by atoms with Crippen LogP contribution in [0.5, 0.6) is 5.75 Å². The van der Waals surface area contributed by atoms with E-state index in [4.69, 9.17) is 4.74 Å². The van der Waals surface area contributed by atoms with E-state index in [2.05, 4.69) is 55.3 Å². The van der Waals surface area contributed by atoms with Gasteiger partial charge in [-0.25, -0.2) is 0 Å². The molecule has 0 bridgehead atoms. The molecule has 0 unspecified atom stereocenters. The van der Waals surface area contributed by atoms with Crippen LogP contribution in [-0.2, 0) is 23.3 Å². The van der Waals surface area contributed by atoms with E-state index in [0.717, 1.165) is 23.4 Å². The summed E-state index contributed by atoms with van der Waals surface area (Å²) in [5, 5.41) is 2.91. The van der Waals surface area contributed by atoms with E-state index in [0.29, 0.717) is 6.54 Å². The van der Waals surface area contributed by atoms with Gasteiger partial charge in [-0.1, -0.05) is 63.2 Å². The molecule has 26 heavy (non-hydrogen) atoms. The van der Waals surface area contributed by atoms with Crippen LogP contribution in [0.1, 0.15) is 37.5 Å². The molecule has 0 atom stereocenters. The second kappa shape index (κ2) is 8.86. The molecule has 140 valence electrons. The number of rotatable bonds is 7. The van der Waals surface area contributed by atoms with E-state index in [9.17, 15) is 4.79 Å². The van der Waals surface area contributed by atoms with Gasteiger partial charge < -0.3 is 15.0 Å². The average molecular weight is 354 g/mol. The van der Waals surface area contributed by atoms with Crippen molar-refractivity contribution in [2.75, 3.05) is 20.7 Å². The van der Waals surface area contributed by atoms with Crippen molar-refractivity contribution >= 4 is 5.91 Å². The van der Waals surface area contributed by atoms with Gasteiger partial charge in [-0.3, -0.25) is 4.79 Å². The second-order valence-electron chi connectivity index (χ2n) is 7.87. The fourth-order valence-corrected chi connectivity index (χ4v) is 2.73. The van der Waals surface area contributed by atoms with Crippen LogP contribution in [0.2, 0.25) is 0 Å². The molecule has 1 N–H and O–H groups in total. The van der Waals surface area contributed by atoms with Crippen molar-refractivity contribution in [3.8, 4) is 5.75 Å². The lowest BCUT2D eigenvalue weighted by molar-refractivity contribution is -0.123. The van der Waals surface area contributed by atoms with Crippen LogP contribution >= 0.6 is 0 Å². The first kappa shape index (κ1) is 20.0. The predicted molar refractivity (Wildman–Crippen MR) is 106 cm³/mol. The molecular weight excluding hydrogens is 324 g/mol. The molecule has 2 aromatic rings. The Labute approximate surface area is 157 Å². The Balaban J connectivity index is 1.85. The smallest absolute Gasteiger partial charge is 0.258 e. The molecule has 4 nitrogen and oxygen atoms in total. The minimum atomic E-state index is -0.119. The summed E-state index contributed by atoms with van der Waals surface area (Å²) < 4.78 is 5.76. The largest absolute Gasteiger partial charge is 0.483 e. The van der Waals surface area contributed by atoms with E-state index in [1.807, 2.05) is 38.4 Å². The summed E-state index contributed by atoms with van der Waals surface area (Å²) >= 11 is 0. The molecule has 0 radical (unpaired) electrons. The van der Waals surface area contributed by atoms with E-state index in [-0.39, 0.29) is 17.9 Å². The van der Waals surface area contributed by atoms with Crippen LogP contribution in [0.3, 0.4) is 0 Å². The summed E-state index contributed by atoms with van der Waals surface area (Å²) in [7, 11) is 4.10. The Kier molecular flexibility index (Phi) is 6.81. The fourth-order valence-electron chi connectivity index (χ4n) is 2.73. The SMILES string of the molecule is CN(C)Cc1ccc(CNC(=O)COc2ccccc2C(C)(C)C)cc1. The Morgan fingerprint density at radius 1 is 1.00 bits per heavy atom.